The number of aryl methyl sites for hydroxylation is 2. The van der Waals surface area contributed by atoms with Crippen molar-refractivity contribution < 1.29 is 4.79 Å². The first kappa shape index (κ1) is 14.7. The Balaban J connectivity index is 2.47. The molecule has 0 aromatic heterocycles. The summed E-state index contributed by atoms with van der Waals surface area (Å²) < 4.78 is 0. The Hall–Kier alpha value is -1.35. The third-order valence-corrected chi connectivity index (χ3v) is 3.08. The molecule has 0 aliphatic heterocycles. The summed E-state index contributed by atoms with van der Waals surface area (Å²) in [4.78, 5) is 11.8. The third-order valence-electron chi connectivity index (χ3n) is 3.08. The van der Waals surface area contributed by atoms with Gasteiger partial charge in [-0.1, -0.05) is 37.1 Å². The van der Waals surface area contributed by atoms with Crippen LogP contribution in [0.15, 0.2) is 18.2 Å². The van der Waals surface area contributed by atoms with Gasteiger partial charge in [0.05, 0.1) is 6.42 Å². The summed E-state index contributed by atoms with van der Waals surface area (Å²) in [5.41, 5.74) is 9.31. The number of carbonyl (C=O) groups is 1. The lowest BCUT2D eigenvalue weighted by molar-refractivity contribution is -0.120. The summed E-state index contributed by atoms with van der Waals surface area (Å²) in [6.45, 7) is 6.73. The lowest BCUT2D eigenvalue weighted by Crippen LogP contribution is -2.37. The summed E-state index contributed by atoms with van der Waals surface area (Å²) in [5, 5.41) is 2.90. The summed E-state index contributed by atoms with van der Waals surface area (Å²) in [7, 11) is 0. The van der Waals surface area contributed by atoms with Gasteiger partial charge in [-0.3, -0.25) is 4.79 Å². The van der Waals surface area contributed by atoms with Gasteiger partial charge in [0.2, 0.25) is 5.91 Å². The first-order chi connectivity index (χ1) is 8.52. The van der Waals surface area contributed by atoms with Crippen molar-refractivity contribution in [3.8, 4) is 0 Å². The first-order valence-electron chi connectivity index (χ1n) is 6.61. The molecular weight excluding hydrogens is 224 g/mol. The van der Waals surface area contributed by atoms with Gasteiger partial charge in [-0.05, 0) is 31.4 Å². The molecule has 100 valence electrons. The molecule has 18 heavy (non-hydrogen) atoms. The number of carbonyl (C=O) groups excluding carboxylic acids is 1. The van der Waals surface area contributed by atoms with Crippen LogP contribution in [0.1, 0.15) is 36.5 Å². The fraction of sp³-hybridized carbons (Fsp3) is 0.533. The molecular formula is C15H24N2O. The molecule has 0 spiro atoms. The van der Waals surface area contributed by atoms with Gasteiger partial charge in [-0.2, -0.15) is 0 Å². The molecule has 1 unspecified atom stereocenters. The molecule has 0 bridgehead atoms. The fourth-order valence-corrected chi connectivity index (χ4v) is 1.94. The van der Waals surface area contributed by atoms with E-state index in [4.69, 9.17) is 5.73 Å². The second kappa shape index (κ2) is 7.17. The molecule has 1 amide bonds. The van der Waals surface area contributed by atoms with E-state index in [0.717, 1.165) is 24.0 Å². The Morgan fingerprint density at radius 3 is 2.78 bits per heavy atom. The van der Waals surface area contributed by atoms with Crippen LogP contribution in [-0.4, -0.2) is 18.5 Å². The highest BCUT2D eigenvalue weighted by atomic mass is 16.1. The van der Waals surface area contributed by atoms with Gasteiger partial charge < -0.3 is 11.1 Å². The smallest absolute Gasteiger partial charge is 0.224 e. The van der Waals surface area contributed by atoms with Crippen molar-refractivity contribution in [1.29, 1.82) is 0 Å². The van der Waals surface area contributed by atoms with Gasteiger partial charge in [0.15, 0.2) is 0 Å². The lowest BCUT2D eigenvalue weighted by atomic mass is 10.0. The molecule has 0 aliphatic rings. The Bertz CT molecular complexity index is 401. The summed E-state index contributed by atoms with van der Waals surface area (Å²) in [6.07, 6.45) is 2.43. The number of nitrogens with one attached hydrogen (secondary N) is 1. The van der Waals surface area contributed by atoms with Crippen LogP contribution < -0.4 is 11.1 Å². The Morgan fingerprint density at radius 2 is 2.11 bits per heavy atom. The van der Waals surface area contributed by atoms with Gasteiger partial charge in [0, 0.05) is 12.6 Å². The standard InChI is InChI=1S/C15H24N2O/c1-4-5-14(16)10-17-15(18)9-13-8-11(2)6-7-12(13)3/h6-8,14H,4-5,9-10,16H2,1-3H3,(H,17,18). The highest BCUT2D eigenvalue weighted by Gasteiger charge is 2.08. The van der Waals surface area contributed by atoms with E-state index in [1.807, 2.05) is 13.8 Å². The predicted molar refractivity (Wildman–Crippen MR) is 75.5 cm³/mol. The van der Waals surface area contributed by atoms with Crippen LogP contribution in [0.2, 0.25) is 0 Å². The molecule has 1 aromatic rings. The zero-order chi connectivity index (χ0) is 13.5. The minimum absolute atomic E-state index is 0.0512. The Labute approximate surface area is 110 Å². The second-order valence-corrected chi connectivity index (χ2v) is 4.96. The van der Waals surface area contributed by atoms with Crippen molar-refractivity contribution in [3.05, 3.63) is 34.9 Å². The minimum atomic E-state index is 0.0512. The van der Waals surface area contributed by atoms with E-state index in [-0.39, 0.29) is 11.9 Å². The number of amides is 1. The van der Waals surface area contributed by atoms with Crippen LogP contribution >= 0.6 is 0 Å². The predicted octanol–water partition coefficient (Wildman–Crippen LogP) is 2.09. The monoisotopic (exact) mass is 248 g/mol. The lowest BCUT2D eigenvalue weighted by Gasteiger charge is -2.12. The van der Waals surface area contributed by atoms with Gasteiger partial charge in [-0.25, -0.2) is 0 Å². The maximum Gasteiger partial charge on any atom is 0.224 e. The van der Waals surface area contributed by atoms with E-state index in [9.17, 15) is 4.79 Å². The highest BCUT2D eigenvalue weighted by Crippen LogP contribution is 2.11. The van der Waals surface area contributed by atoms with Crippen molar-refractivity contribution in [2.75, 3.05) is 6.54 Å². The maximum atomic E-state index is 11.8. The largest absolute Gasteiger partial charge is 0.354 e. The van der Waals surface area contributed by atoms with Crippen molar-refractivity contribution in [2.24, 2.45) is 5.73 Å². The minimum Gasteiger partial charge on any atom is -0.354 e. The van der Waals surface area contributed by atoms with Crippen LogP contribution in [0.25, 0.3) is 0 Å². The number of nitrogens with two attached hydrogens (primary N) is 1. The zero-order valence-electron chi connectivity index (χ0n) is 11.6. The molecule has 3 nitrogen and oxygen atoms in total. The van der Waals surface area contributed by atoms with Crippen molar-refractivity contribution in [1.82, 2.24) is 5.32 Å². The Kier molecular flexibility index (Phi) is 5.86. The molecule has 3 heteroatoms. The van der Waals surface area contributed by atoms with Crippen LogP contribution in [0.3, 0.4) is 0 Å². The van der Waals surface area contributed by atoms with E-state index in [1.54, 1.807) is 0 Å². The quantitative estimate of drug-likeness (QED) is 0.810. The number of hydrogen-bond donors (Lipinski definition) is 2. The van der Waals surface area contributed by atoms with Crippen molar-refractivity contribution >= 4 is 5.91 Å². The highest BCUT2D eigenvalue weighted by molar-refractivity contribution is 5.79. The van der Waals surface area contributed by atoms with Crippen molar-refractivity contribution in [2.45, 2.75) is 46.1 Å². The molecule has 0 radical (unpaired) electrons. The fourth-order valence-electron chi connectivity index (χ4n) is 1.94. The number of hydrogen-bond acceptors (Lipinski definition) is 2. The molecule has 3 N–H and O–H groups in total. The normalized spacial score (nSPS) is 12.2. The van der Waals surface area contributed by atoms with E-state index in [0.29, 0.717) is 13.0 Å². The molecule has 0 fully saturated rings. The molecule has 1 atom stereocenters. The third kappa shape index (κ3) is 4.88. The Morgan fingerprint density at radius 1 is 1.39 bits per heavy atom. The topological polar surface area (TPSA) is 55.1 Å². The summed E-state index contributed by atoms with van der Waals surface area (Å²) in [5.74, 6) is 0.0512. The molecule has 1 rings (SSSR count). The average Bonchev–Trinajstić information content (AvgIpc) is 2.32. The molecule has 0 saturated carbocycles. The molecule has 0 saturated heterocycles. The van der Waals surface area contributed by atoms with Crippen LogP contribution in [0, 0.1) is 13.8 Å². The SMILES string of the molecule is CCCC(N)CNC(=O)Cc1cc(C)ccc1C. The second-order valence-electron chi connectivity index (χ2n) is 4.96. The molecule has 1 aromatic carbocycles. The van der Waals surface area contributed by atoms with Crippen LogP contribution in [0.5, 0.6) is 0 Å². The van der Waals surface area contributed by atoms with E-state index in [1.165, 1.54) is 5.56 Å². The molecule has 0 aliphatic carbocycles. The van der Waals surface area contributed by atoms with Crippen LogP contribution in [0.4, 0.5) is 0 Å². The van der Waals surface area contributed by atoms with Gasteiger partial charge in [-0.15, -0.1) is 0 Å². The zero-order valence-corrected chi connectivity index (χ0v) is 11.6. The average molecular weight is 248 g/mol. The number of benzene rings is 1. The van der Waals surface area contributed by atoms with Gasteiger partial charge in [0.1, 0.15) is 0 Å². The number of rotatable bonds is 6. The van der Waals surface area contributed by atoms with Crippen LogP contribution in [-0.2, 0) is 11.2 Å². The van der Waals surface area contributed by atoms with E-state index in [2.05, 4.69) is 30.4 Å². The van der Waals surface area contributed by atoms with Gasteiger partial charge in [0.25, 0.3) is 0 Å². The first-order valence-corrected chi connectivity index (χ1v) is 6.61. The van der Waals surface area contributed by atoms with E-state index >= 15 is 0 Å². The maximum absolute atomic E-state index is 11.8. The van der Waals surface area contributed by atoms with Gasteiger partial charge >= 0.3 is 0 Å². The summed E-state index contributed by atoms with van der Waals surface area (Å²) >= 11 is 0. The van der Waals surface area contributed by atoms with Crippen molar-refractivity contribution in [3.63, 3.8) is 0 Å². The summed E-state index contributed by atoms with van der Waals surface area (Å²) in [6, 6.07) is 6.26. The molecule has 0 heterocycles. The van der Waals surface area contributed by atoms with E-state index < -0.39 is 0 Å².